The molecule has 208 valence electrons. The highest BCUT2D eigenvalue weighted by Crippen LogP contribution is 2.46. The number of fused-ring (bicyclic) bond motifs is 11. The van der Waals surface area contributed by atoms with E-state index in [1.807, 2.05) is 0 Å². The Morgan fingerprint density at radius 2 is 0.844 bits per heavy atom. The summed E-state index contributed by atoms with van der Waals surface area (Å²) in [5, 5.41) is 15.3. The van der Waals surface area contributed by atoms with E-state index >= 15 is 0 Å². The van der Waals surface area contributed by atoms with Crippen molar-refractivity contribution in [2.75, 3.05) is 0 Å². The quantitative estimate of drug-likeness (QED) is 0.157. The van der Waals surface area contributed by atoms with Crippen molar-refractivity contribution in [2.24, 2.45) is 0 Å². The zero-order valence-electron chi connectivity index (χ0n) is 24.5. The first kappa shape index (κ1) is 24.5. The lowest BCUT2D eigenvalue weighted by atomic mass is 9.84. The molecule has 1 aromatic heterocycles. The van der Waals surface area contributed by atoms with E-state index in [-0.39, 0.29) is 0 Å². The lowest BCUT2D eigenvalue weighted by molar-refractivity contribution is 1.56. The Morgan fingerprint density at radius 1 is 0.333 bits per heavy atom. The third-order valence-corrected chi connectivity index (χ3v) is 9.76. The Labute approximate surface area is 260 Å². The molecular formula is C44H27N. The highest BCUT2D eigenvalue weighted by atomic mass is 14.7. The van der Waals surface area contributed by atoms with Crippen LogP contribution in [0.25, 0.3) is 97.9 Å². The van der Waals surface area contributed by atoms with Crippen LogP contribution in [0.15, 0.2) is 158 Å². The second-order valence-electron chi connectivity index (χ2n) is 12.1. The summed E-state index contributed by atoms with van der Waals surface area (Å²) in [6.07, 6.45) is 0. The van der Waals surface area contributed by atoms with Crippen molar-refractivity contribution in [1.29, 1.82) is 0 Å². The fourth-order valence-electron chi connectivity index (χ4n) is 7.88. The van der Waals surface area contributed by atoms with Gasteiger partial charge in [0.25, 0.3) is 0 Å². The van der Waals surface area contributed by atoms with Gasteiger partial charge in [-0.2, -0.15) is 0 Å². The lowest BCUT2D eigenvalue weighted by Crippen LogP contribution is -1.91. The molecule has 0 bridgehead atoms. The van der Waals surface area contributed by atoms with Crippen LogP contribution >= 0.6 is 0 Å². The molecule has 0 amide bonds. The van der Waals surface area contributed by atoms with Gasteiger partial charge in [-0.15, -0.1) is 0 Å². The number of hydrogen-bond donors (Lipinski definition) is 1. The first-order valence-corrected chi connectivity index (χ1v) is 15.6. The minimum absolute atomic E-state index is 1.16. The zero-order chi connectivity index (χ0) is 29.5. The van der Waals surface area contributed by atoms with Gasteiger partial charge >= 0.3 is 0 Å². The number of nitrogens with one attached hydrogen (secondary N) is 1. The molecule has 45 heavy (non-hydrogen) atoms. The smallest absolute Gasteiger partial charge is 0.0551 e. The molecule has 10 rings (SSSR count). The standard InChI is InChI=1S/C44H27N/c1-2-14-29-27(12-1)13-11-23-32(29)42-36-20-8-6-18-34(36)41(35-19-7-9-21-37(35)42)28-24-25-39-40(26-28)45-44-38-22-10-4-16-31(38)30-15-3-5-17-33(30)43(39)44/h1-26,45H. The van der Waals surface area contributed by atoms with E-state index in [1.165, 1.54) is 92.4 Å². The van der Waals surface area contributed by atoms with Crippen molar-refractivity contribution in [3.05, 3.63) is 158 Å². The first-order valence-electron chi connectivity index (χ1n) is 15.6. The number of aromatic amines is 1. The molecule has 0 spiro atoms. The largest absolute Gasteiger partial charge is 0.354 e. The maximum atomic E-state index is 3.88. The molecule has 9 aromatic carbocycles. The topological polar surface area (TPSA) is 15.8 Å². The predicted octanol–water partition coefficient (Wildman–Crippen LogP) is 12.4. The summed E-state index contributed by atoms with van der Waals surface area (Å²) in [6.45, 7) is 0. The van der Waals surface area contributed by atoms with Gasteiger partial charge < -0.3 is 4.98 Å². The van der Waals surface area contributed by atoms with Gasteiger partial charge in [-0.25, -0.2) is 0 Å². The summed E-state index contributed by atoms with van der Waals surface area (Å²) in [7, 11) is 0. The second-order valence-corrected chi connectivity index (χ2v) is 12.1. The van der Waals surface area contributed by atoms with Crippen LogP contribution in [0.4, 0.5) is 0 Å². The fraction of sp³-hybridized carbons (Fsp3) is 0. The van der Waals surface area contributed by atoms with Gasteiger partial charge in [-0.1, -0.05) is 152 Å². The molecule has 0 saturated carbocycles. The van der Waals surface area contributed by atoms with Crippen LogP contribution in [-0.4, -0.2) is 4.98 Å². The highest BCUT2D eigenvalue weighted by Gasteiger charge is 2.19. The lowest BCUT2D eigenvalue weighted by Gasteiger charge is -2.18. The average molecular weight is 570 g/mol. The molecule has 0 radical (unpaired) electrons. The van der Waals surface area contributed by atoms with Crippen molar-refractivity contribution in [3.8, 4) is 22.3 Å². The SMILES string of the molecule is c1ccc2c(-c3c4ccccc4c(-c4ccc5c(c4)[nH]c4c6ccccc6c6ccccc6c54)c4ccccc34)cccc2c1. The van der Waals surface area contributed by atoms with Crippen LogP contribution in [0.2, 0.25) is 0 Å². The Hall–Kier alpha value is -5.92. The fourth-order valence-corrected chi connectivity index (χ4v) is 7.88. The zero-order valence-corrected chi connectivity index (χ0v) is 24.5. The summed E-state index contributed by atoms with van der Waals surface area (Å²) < 4.78 is 0. The van der Waals surface area contributed by atoms with Gasteiger partial charge in [0.2, 0.25) is 0 Å². The van der Waals surface area contributed by atoms with Crippen molar-refractivity contribution in [3.63, 3.8) is 0 Å². The molecule has 0 fully saturated rings. The van der Waals surface area contributed by atoms with E-state index in [2.05, 4.69) is 163 Å². The molecule has 0 aliphatic carbocycles. The molecule has 0 unspecified atom stereocenters. The summed E-state index contributed by atoms with van der Waals surface area (Å²) in [5.74, 6) is 0. The molecule has 0 aliphatic rings. The summed E-state index contributed by atoms with van der Waals surface area (Å²) in [6, 6.07) is 57.9. The molecule has 1 heteroatoms. The number of rotatable bonds is 2. The van der Waals surface area contributed by atoms with E-state index in [0.29, 0.717) is 0 Å². The van der Waals surface area contributed by atoms with Crippen molar-refractivity contribution in [1.82, 2.24) is 4.98 Å². The Morgan fingerprint density at radius 3 is 1.53 bits per heavy atom. The first-order chi connectivity index (χ1) is 22.3. The van der Waals surface area contributed by atoms with Gasteiger partial charge in [0.05, 0.1) is 5.52 Å². The van der Waals surface area contributed by atoms with Crippen LogP contribution in [0.5, 0.6) is 0 Å². The number of aromatic nitrogens is 1. The molecule has 1 nitrogen and oxygen atoms in total. The Bertz CT molecular complexity index is 2750. The molecular weight excluding hydrogens is 542 g/mol. The van der Waals surface area contributed by atoms with Gasteiger partial charge in [0.1, 0.15) is 0 Å². The van der Waals surface area contributed by atoms with Crippen molar-refractivity contribution < 1.29 is 0 Å². The van der Waals surface area contributed by atoms with Crippen LogP contribution in [-0.2, 0) is 0 Å². The van der Waals surface area contributed by atoms with Gasteiger partial charge in [-0.3, -0.25) is 0 Å². The second kappa shape index (κ2) is 9.29. The van der Waals surface area contributed by atoms with E-state index in [9.17, 15) is 0 Å². The van der Waals surface area contributed by atoms with Crippen LogP contribution < -0.4 is 0 Å². The van der Waals surface area contributed by atoms with Crippen molar-refractivity contribution >= 4 is 75.7 Å². The van der Waals surface area contributed by atoms with Crippen LogP contribution in [0, 0.1) is 0 Å². The maximum absolute atomic E-state index is 3.88. The Kier molecular flexibility index (Phi) is 5.06. The predicted molar refractivity (Wildman–Crippen MR) is 194 cm³/mol. The molecule has 0 saturated heterocycles. The van der Waals surface area contributed by atoms with Crippen LogP contribution in [0.3, 0.4) is 0 Å². The molecule has 10 aromatic rings. The van der Waals surface area contributed by atoms with Crippen LogP contribution in [0.1, 0.15) is 0 Å². The molecule has 0 aliphatic heterocycles. The monoisotopic (exact) mass is 569 g/mol. The van der Waals surface area contributed by atoms with Gasteiger partial charge in [0, 0.05) is 21.7 Å². The van der Waals surface area contributed by atoms with Gasteiger partial charge in [-0.05, 0) is 76.8 Å². The molecule has 0 atom stereocenters. The van der Waals surface area contributed by atoms with E-state index < -0.39 is 0 Å². The van der Waals surface area contributed by atoms with E-state index in [0.717, 1.165) is 5.52 Å². The van der Waals surface area contributed by atoms with E-state index in [4.69, 9.17) is 0 Å². The maximum Gasteiger partial charge on any atom is 0.0551 e. The third-order valence-electron chi connectivity index (χ3n) is 9.76. The third kappa shape index (κ3) is 3.44. The summed E-state index contributed by atoms with van der Waals surface area (Å²) in [4.78, 5) is 3.88. The highest BCUT2D eigenvalue weighted by molar-refractivity contribution is 6.32. The molecule has 1 heterocycles. The number of benzene rings is 9. The summed E-state index contributed by atoms with van der Waals surface area (Å²) in [5.41, 5.74) is 7.44. The number of hydrogen-bond acceptors (Lipinski definition) is 0. The number of H-pyrrole nitrogens is 1. The minimum atomic E-state index is 1.16. The average Bonchev–Trinajstić information content (AvgIpc) is 3.50. The summed E-state index contributed by atoms with van der Waals surface area (Å²) >= 11 is 0. The van der Waals surface area contributed by atoms with E-state index in [1.54, 1.807) is 0 Å². The normalized spacial score (nSPS) is 12.0. The Balaban J connectivity index is 1.31. The van der Waals surface area contributed by atoms with Crippen molar-refractivity contribution in [2.45, 2.75) is 0 Å². The minimum Gasteiger partial charge on any atom is -0.354 e. The molecule has 1 N–H and O–H groups in total. The van der Waals surface area contributed by atoms with Gasteiger partial charge in [0.15, 0.2) is 0 Å².